The van der Waals surface area contributed by atoms with E-state index in [0.717, 1.165) is 0 Å². The lowest BCUT2D eigenvalue weighted by molar-refractivity contribution is -0.186. The number of imidazole rings is 1. The molecule has 0 radical (unpaired) electrons. The van der Waals surface area contributed by atoms with E-state index in [2.05, 4.69) is 15.0 Å². The van der Waals surface area contributed by atoms with Gasteiger partial charge in [-0.2, -0.15) is 0 Å². The molecular weight excluding hydrogens is 346 g/mol. The Morgan fingerprint density at radius 1 is 1.15 bits per heavy atom. The van der Waals surface area contributed by atoms with Crippen molar-refractivity contribution in [1.82, 2.24) is 19.5 Å². The van der Waals surface area contributed by atoms with Crippen LogP contribution in [-0.2, 0) is 14.2 Å². The molecule has 11 nitrogen and oxygen atoms in total. The van der Waals surface area contributed by atoms with Crippen LogP contribution in [0.4, 0.5) is 5.82 Å². The molecule has 2 fully saturated rings. The Balaban J connectivity index is 1.41. The number of ether oxygens (including phenoxy) is 3. The molecule has 142 valence electrons. The highest BCUT2D eigenvalue weighted by atomic mass is 16.7. The number of rotatable bonds is 5. The van der Waals surface area contributed by atoms with Crippen LogP contribution >= 0.6 is 0 Å². The van der Waals surface area contributed by atoms with Crippen molar-refractivity contribution in [2.24, 2.45) is 0 Å². The smallest absolute Gasteiger partial charge is 0.184 e. The summed E-state index contributed by atoms with van der Waals surface area (Å²) in [6.45, 7) is -0.0342. The zero-order chi connectivity index (χ0) is 18.3. The van der Waals surface area contributed by atoms with Gasteiger partial charge < -0.3 is 35.3 Å². The Morgan fingerprint density at radius 3 is 2.73 bits per heavy atom. The molecule has 11 heteroatoms. The lowest BCUT2D eigenvalue weighted by Crippen LogP contribution is -2.28. The van der Waals surface area contributed by atoms with E-state index in [0.29, 0.717) is 24.0 Å². The molecule has 5 N–H and O–H groups in total. The van der Waals surface area contributed by atoms with Gasteiger partial charge in [-0.1, -0.05) is 0 Å². The Morgan fingerprint density at radius 2 is 1.96 bits per heavy atom. The third-order valence-electron chi connectivity index (χ3n) is 4.62. The maximum absolute atomic E-state index is 10.4. The lowest BCUT2D eigenvalue weighted by Gasteiger charge is -2.19. The molecule has 2 aliphatic heterocycles. The van der Waals surface area contributed by atoms with Crippen LogP contribution in [0.5, 0.6) is 0 Å². The van der Waals surface area contributed by atoms with E-state index in [-0.39, 0.29) is 19.0 Å². The minimum atomic E-state index is -0.812. The zero-order valence-electron chi connectivity index (χ0n) is 13.9. The number of aliphatic hydroxyl groups is 3. The summed E-state index contributed by atoms with van der Waals surface area (Å²) in [5, 5.41) is 29.3. The Bertz CT molecular complexity index is 772. The molecule has 2 saturated heterocycles. The Hall–Kier alpha value is -1.89. The molecule has 2 aromatic rings. The van der Waals surface area contributed by atoms with E-state index in [1.807, 2.05) is 0 Å². The number of aromatic nitrogens is 4. The van der Waals surface area contributed by atoms with Gasteiger partial charge in [0.25, 0.3) is 0 Å². The molecule has 0 saturated carbocycles. The average Bonchev–Trinajstić information content (AvgIpc) is 3.30. The summed E-state index contributed by atoms with van der Waals surface area (Å²) in [6.07, 6.45) is -0.399. The normalized spacial score (nSPS) is 34.7. The molecular formula is C15H21N5O6. The van der Waals surface area contributed by atoms with Gasteiger partial charge in [0, 0.05) is 12.8 Å². The molecule has 26 heavy (non-hydrogen) atoms. The largest absolute Gasteiger partial charge is 0.394 e. The number of fused-ring (bicyclic) bond motifs is 1. The number of anilines is 1. The third kappa shape index (κ3) is 3.13. The van der Waals surface area contributed by atoms with E-state index in [1.54, 1.807) is 4.57 Å². The quantitative estimate of drug-likeness (QED) is 0.492. The van der Waals surface area contributed by atoms with Crippen molar-refractivity contribution in [3.8, 4) is 0 Å². The number of aliphatic hydroxyl groups excluding tert-OH is 3. The minimum absolute atomic E-state index is 0.136. The maximum Gasteiger partial charge on any atom is 0.184 e. The first kappa shape index (κ1) is 17.5. The van der Waals surface area contributed by atoms with E-state index in [9.17, 15) is 10.2 Å². The second kappa shape index (κ2) is 7.02. The molecule has 0 spiro atoms. The van der Waals surface area contributed by atoms with Gasteiger partial charge in [-0.15, -0.1) is 0 Å². The summed E-state index contributed by atoms with van der Waals surface area (Å²) in [5.41, 5.74) is 6.70. The highest BCUT2D eigenvalue weighted by Crippen LogP contribution is 2.32. The summed E-state index contributed by atoms with van der Waals surface area (Å²) >= 11 is 0. The lowest BCUT2D eigenvalue weighted by atomic mass is 10.2. The van der Waals surface area contributed by atoms with Gasteiger partial charge in [-0.3, -0.25) is 4.57 Å². The monoisotopic (exact) mass is 367 g/mol. The summed E-state index contributed by atoms with van der Waals surface area (Å²) in [7, 11) is 0. The SMILES string of the molecule is Nc1ncnc2c1ncn2[C@@H]1O[C@H](CO[C@@H]2O[C@H](CO)C[C@H]2O)C[C@H]1O. The standard InChI is InChI=1S/C15H21N5O6/c16-12-11-13(18-5-17-12)20(6-19-11)14-9(22)2-8(25-14)4-24-15-10(23)1-7(3-21)26-15/h5-10,14-15,21-23H,1-4H2,(H2,16,17,18)/t7-,8-,9+,10+,14+,15+/m0/s1. The Kier molecular flexibility index (Phi) is 4.73. The van der Waals surface area contributed by atoms with Gasteiger partial charge in [-0.05, 0) is 0 Å². The highest BCUT2D eigenvalue weighted by molar-refractivity contribution is 5.81. The zero-order valence-corrected chi connectivity index (χ0v) is 13.9. The molecule has 0 unspecified atom stereocenters. The first-order valence-corrected chi connectivity index (χ1v) is 8.39. The predicted octanol–water partition coefficient (Wildman–Crippen LogP) is -1.46. The fourth-order valence-electron chi connectivity index (χ4n) is 3.33. The summed E-state index contributed by atoms with van der Waals surface area (Å²) in [5.74, 6) is 0.256. The van der Waals surface area contributed by atoms with Crippen LogP contribution in [0.15, 0.2) is 12.7 Å². The van der Waals surface area contributed by atoms with Crippen LogP contribution in [-0.4, -0.2) is 78.8 Å². The first-order chi connectivity index (χ1) is 12.6. The summed E-state index contributed by atoms with van der Waals surface area (Å²) in [4.78, 5) is 12.2. The van der Waals surface area contributed by atoms with Crippen LogP contribution in [0.25, 0.3) is 11.2 Å². The Labute approximate surface area is 148 Å². The van der Waals surface area contributed by atoms with Gasteiger partial charge in [0.15, 0.2) is 24.0 Å². The van der Waals surface area contributed by atoms with Gasteiger partial charge in [-0.25, -0.2) is 15.0 Å². The van der Waals surface area contributed by atoms with E-state index in [4.69, 9.17) is 25.1 Å². The molecule has 2 aromatic heterocycles. The number of nitrogens with two attached hydrogens (primary N) is 1. The fourth-order valence-corrected chi connectivity index (χ4v) is 3.33. The van der Waals surface area contributed by atoms with Crippen LogP contribution in [0.2, 0.25) is 0 Å². The van der Waals surface area contributed by atoms with Crippen molar-refractivity contribution >= 4 is 17.0 Å². The van der Waals surface area contributed by atoms with E-state index >= 15 is 0 Å². The maximum atomic E-state index is 10.4. The number of nitrogens with zero attached hydrogens (tertiary/aromatic N) is 4. The van der Waals surface area contributed by atoms with Gasteiger partial charge in [0.05, 0.1) is 31.7 Å². The van der Waals surface area contributed by atoms with Crippen molar-refractivity contribution in [1.29, 1.82) is 0 Å². The van der Waals surface area contributed by atoms with Gasteiger partial charge in [0.1, 0.15) is 24.1 Å². The second-order valence-electron chi connectivity index (χ2n) is 6.48. The molecule has 0 aromatic carbocycles. The third-order valence-corrected chi connectivity index (χ3v) is 4.62. The van der Waals surface area contributed by atoms with E-state index < -0.39 is 36.9 Å². The van der Waals surface area contributed by atoms with E-state index in [1.165, 1.54) is 12.7 Å². The average molecular weight is 367 g/mol. The number of hydrogen-bond donors (Lipinski definition) is 4. The highest BCUT2D eigenvalue weighted by Gasteiger charge is 2.39. The molecule has 2 aliphatic rings. The van der Waals surface area contributed by atoms with Gasteiger partial charge >= 0.3 is 0 Å². The van der Waals surface area contributed by atoms with Crippen molar-refractivity contribution < 1.29 is 29.5 Å². The van der Waals surface area contributed by atoms with Gasteiger partial charge in [0.2, 0.25) is 0 Å². The summed E-state index contributed by atoms with van der Waals surface area (Å²) < 4.78 is 18.4. The number of hydrogen-bond acceptors (Lipinski definition) is 10. The molecule has 4 rings (SSSR count). The molecule has 0 aliphatic carbocycles. The molecule has 0 amide bonds. The topological polar surface area (TPSA) is 158 Å². The van der Waals surface area contributed by atoms with Crippen molar-refractivity contribution in [2.45, 2.75) is 49.8 Å². The minimum Gasteiger partial charge on any atom is -0.394 e. The molecule has 6 atom stereocenters. The molecule has 4 heterocycles. The van der Waals surface area contributed by atoms with Crippen LogP contribution in [0.3, 0.4) is 0 Å². The van der Waals surface area contributed by atoms with Crippen molar-refractivity contribution in [2.75, 3.05) is 18.9 Å². The van der Waals surface area contributed by atoms with Crippen LogP contribution in [0, 0.1) is 0 Å². The first-order valence-electron chi connectivity index (χ1n) is 8.39. The van der Waals surface area contributed by atoms with Crippen molar-refractivity contribution in [3.05, 3.63) is 12.7 Å². The predicted molar refractivity (Wildman–Crippen MR) is 86.6 cm³/mol. The second-order valence-corrected chi connectivity index (χ2v) is 6.48. The fraction of sp³-hybridized carbons (Fsp3) is 0.667. The van der Waals surface area contributed by atoms with Crippen LogP contribution in [0.1, 0.15) is 19.1 Å². The van der Waals surface area contributed by atoms with Crippen molar-refractivity contribution in [3.63, 3.8) is 0 Å². The van der Waals surface area contributed by atoms with Crippen LogP contribution < -0.4 is 5.73 Å². The molecule has 0 bridgehead atoms. The number of nitrogen functional groups attached to an aromatic ring is 1. The summed E-state index contributed by atoms with van der Waals surface area (Å²) in [6, 6.07) is 0.